The van der Waals surface area contributed by atoms with Gasteiger partial charge in [-0.25, -0.2) is 13.1 Å². The van der Waals surface area contributed by atoms with Crippen LogP contribution in [-0.4, -0.2) is 115 Å². The van der Waals surface area contributed by atoms with Crippen LogP contribution in [0.5, 0.6) is 5.88 Å². The Balaban J connectivity index is 0.818. The first-order valence-corrected chi connectivity index (χ1v) is 27.8. The van der Waals surface area contributed by atoms with Gasteiger partial charge >= 0.3 is 0 Å². The van der Waals surface area contributed by atoms with Crippen LogP contribution >= 0.6 is 0 Å². The summed E-state index contributed by atoms with van der Waals surface area (Å²) in [6, 6.07) is 23.1. The molecular weight excluding hydrogens is 949 g/mol. The standard InChI is InChI=1S/C55H66N8O9S/c1-33(2)40-6-4-5-7-41(40)50-48-26-37(31-71-48)61(50)38-28-55(29-38)18-21-60(22-19-55)36-8-10-42(45(25-36)62-44-15-23-70-32-49(44)72-53-47(62)24-35-14-20-56-51(35)58-53)52(64)59-73(68,69)39-9-11-43(46(27-39)63(66)67)57-30-34-12-16-54(3,65)17-13-34/h4-11,14,20,24-25,27,33-34,37-38,44,48-50,57,65H,12-13,15-19,21-23,26,28-32H2,1-3H3,(H,56,58)(H,59,64)/t34?,37-,44-,48-,49-,50+,54?/m0/s1. The SMILES string of the molecule is CC(C)c1ccccc1[C@@H]1[C@@H]2C[C@@H](CO2)N1C1CC2(CCN(c3ccc(C(=O)NS(=O)(=O)c4ccc(NCC5CCC(C)(O)CC5)c([N+](=O)[O-])c4)c(N4c5cc6cc[nH]c6nc5O[C@H]5COCC[C@@H]54)c3)CC2)C1. The van der Waals surface area contributed by atoms with Crippen LogP contribution in [-0.2, 0) is 19.5 Å². The molecule has 12 rings (SSSR count). The number of piperidine rings is 1. The summed E-state index contributed by atoms with van der Waals surface area (Å²) in [5.41, 5.74) is 4.96. The van der Waals surface area contributed by atoms with Crippen LogP contribution in [0.2, 0.25) is 0 Å². The minimum absolute atomic E-state index is 0.117. The van der Waals surface area contributed by atoms with Gasteiger partial charge in [0.15, 0.2) is 0 Å². The fraction of sp³-hybridized carbons (Fsp3) is 0.527. The first-order valence-electron chi connectivity index (χ1n) is 26.3. The maximum absolute atomic E-state index is 14.7. The number of likely N-dealkylation sites (tertiary alicyclic amines) is 1. The van der Waals surface area contributed by atoms with Crippen LogP contribution in [0.25, 0.3) is 11.0 Å². The summed E-state index contributed by atoms with van der Waals surface area (Å²) < 4.78 is 49.5. The van der Waals surface area contributed by atoms with Crippen LogP contribution in [0.3, 0.4) is 0 Å². The van der Waals surface area contributed by atoms with E-state index in [4.69, 9.17) is 19.2 Å². The number of ether oxygens (including phenoxy) is 3. The molecule has 5 aliphatic heterocycles. The van der Waals surface area contributed by atoms with Gasteiger partial charge in [-0.1, -0.05) is 38.1 Å². The van der Waals surface area contributed by atoms with Crippen LogP contribution in [0.15, 0.2) is 83.9 Å². The number of nitro groups is 1. The second kappa shape index (κ2) is 18.5. The van der Waals surface area contributed by atoms with Crippen molar-refractivity contribution in [2.75, 3.05) is 54.6 Å². The molecule has 2 saturated carbocycles. The molecule has 73 heavy (non-hydrogen) atoms. The highest BCUT2D eigenvalue weighted by atomic mass is 32.2. The summed E-state index contributed by atoms with van der Waals surface area (Å²) in [6.45, 7) is 10.1. The number of rotatable bonds is 12. The molecule has 5 aromatic rings. The molecule has 18 heteroatoms. The van der Waals surface area contributed by atoms with E-state index in [9.17, 15) is 28.4 Å². The minimum Gasteiger partial charge on any atom is -0.468 e. The van der Waals surface area contributed by atoms with E-state index in [1.807, 2.05) is 37.4 Å². The Bertz CT molecular complexity index is 3050. The van der Waals surface area contributed by atoms with Gasteiger partial charge < -0.3 is 39.4 Å². The van der Waals surface area contributed by atoms with E-state index < -0.39 is 43.1 Å². The first-order chi connectivity index (χ1) is 35.1. The highest BCUT2D eigenvalue weighted by Gasteiger charge is 2.57. The predicted octanol–water partition coefficient (Wildman–Crippen LogP) is 8.72. The highest BCUT2D eigenvalue weighted by Crippen LogP contribution is 2.57. The van der Waals surface area contributed by atoms with Crippen molar-refractivity contribution in [3.8, 4) is 5.88 Å². The average Bonchev–Trinajstić information content (AvgIpc) is 4.14. The molecule has 7 aliphatic rings. The summed E-state index contributed by atoms with van der Waals surface area (Å²) in [5.74, 6) is 0.128. The number of carbonyl (C=O) groups is 1. The fourth-order valence-electron chi connectivity index (χ4n) is 13.5. The summed E-state index contributed by atoms with van der Waals surface area (Å²) in [6.07, 6.45) is 10.5. The topological polar surface area (TPSA) is 205 Å². The molecule has 1 spiro atoms. The molecule has 0 radical (unpaired) electrons. The van der Waals surface area contributed by atoms with E-state index >= 15 is 0 Å². The molecule has 7 heterocycles. The Morgan fingerprint density at radius 3 is 2.53 bits per heavy atom. The number of sulfonamides is 1. The summed E-state index contributed by atoms with van der Waals surface area (Å²) in [7, 11) is -4.62. The van der Waals surface area contributed by atoms with Crippen molar-refractivity contribution >= 4 is 55.4 Å². The molecule has 6 fully saturated rings. The number of carbonyl (C=O) groups excluding carboxylic acids is 1. The number of aliphatic hydroxyl groups is 1. The van der Waals surface area contributed by atoms with Crippen molar-refractivity contribution in [2.45, 2.75) is 138 Å². The molecule has 3 aromatic carbocycles. The predicted molar refractivity (Wildman–Crippen MR) is 277 cm³/mol. The van der Waals surface area contributed by atoms with Crippen LogP contribution in [0.1, 0.15) is 118 Å². The van der Waals surface area contributed by atoms with Gasteiger partial charge in [-0.3, -0.25) is 19.8 Å². The number of H-pyrrole nitrogens is 1. The van der Waals surface area contributed by atoms with Gasteiger partial charge in [0, 0.05) is 61.7 Å². The lowest BCUT2D eigenvalue weighted by Gasteiger charge is -2.57. The maximum Gasteiger partial charge on any atom is 0.293 e. The third-order valence-electron chi connectivity index (χ3n) is 17.5. The van der Waals surface area contributed by atoms with Crippen molar-refractivity contribution in [1.29, 1.82) is 0 Å². The van der Waals surface area contributed by atoms with Gasteiger partial charge in [0.05, 0.1) is 58.1 Å². The monoisotopic (exact) mass is 1010 g/mol. The number of amides is 1. The van der Waals surface area contributed by atoms with E-state index in [1.54, 1.807) is 6.07 Å². The van der Waals surface area contributed by atoms with Crippen molar-refractivity contribution < 1.29 is 37.5 Å². The van der Waals surface area contributed by atoms with Gasteiger partial charge in [-0.2, -0.15) is 4.98 Å². The normalized spacial score (nSPS) is 27.9. The van der Waals surface area contributed by atoms with E-state index in [1.165, 1.54) is 23.3 Å². The number of nitro benzene ring substituents is 1. The number of fused-ring (bicyclic) bond motifs is 5. The zero-order valence-electron chi connectivity index (χ0n) is 41.8. The van der Waals surface area contributed by atoms with E-state index in [2.05, 4.69) is 67.8 Å². The number of hydrogen-bond acceptors (Lipinski definition) is 14. The van der Waals surface area contributed by atoms with Crippen LogP contribution in [0, 0.1) is 21.4 Å². The molecular formula is C55H66N8O9S. The zero-order valence-corrected chi connectivity index (χ0v) is 42.6. The van der Waals surface area contributed by atoms with Gasteiger partial charge in [0.1, 0.15) is 23.1 Å². The quantitative estimate of drug-likeness (QED) is 0.0682. The van der Waals surface area contributed by atoms with Gasteiger partial charge in [0.2, 0.25) is 5.88 Å². The number of aromatic amines is 1. The third kappa shape index (κ3) is 8.89. The van der Waals surface area contributed by atoms with Crippen molar-refractivity contribution in [2.24, 2.45) is 11.3 Å². The molecule has 386 valence electrons. The van der Waals surface area contributed by atoms with Crippen LogP contribution in [0.4, 0.5) is 28.4 Å². The molecule has 2 bridgehead atoms. The molecule has 5 atom stereocenters. The van der Waals surface area contributed by atoms with Crippen molar-refractivity contribution in [1.82, 2.24) is 19.6 Å². The number of benzene rings is 3. The Hall–Kier alpha value is -5.79. The second-order valence-electron chi connectivity index (χ2n) is 22.6. The van der Waals surface area contributed by atoms with Crippen molar-refractivity contribution in [3.63, 3.8) is 0 Å². The van der Waals surface area contributed by atoms with Gasteiger partial charge in [-0.05, 0) is 142 Å². The van der Waals surface area contributed by atoms with E-state index in [-0.39, 0.29) is 40.8 Å². The molecule has 1 amide bonds. The Morgan fingerprint density at radius 2 is 1.75 bits per heavy atom. The molecule has 0 unspecified atom stereocenters. The number of morpholine rings is 1. The number of nitrogens with one attached hydrogen (secondary N) is 3. The maximum atomic E-state index is 14.7. The summed E-state index contributed by atoms with van der Waals surface area (Å²) >= 11 is 0. The third-order valence-corrected chi connectivity index (χ3v) is 18.9. The van der Waals surface area contributed by atoms with Gasteiger partial charge in [0.25, 0.3) is 21.6 Å². The number of pyridine rings is 1. The summed E-state index contributed by atoms with van der Waals surface area (Å²) in [5, 5.41) is 26.8. The lowest BCUT2D eigenvalue weighted by Crippen LogP contribution is -2.58. The summed E-state index contributed by atoms with van der Waals surface area (Å²) in [4.78, 5) is 41.4. The number of hydrogen-bond donors (Lipinski definition) is 4. The van der Waals surface area contributed by atoms with Crippen molar-refractivity contribution in [3.05, 3.63) is 106 Å². The first kappa shape index (κ1) is 48.2. The van der Waals surface area contributed by atoms with Gasteiger partial charge in [-0.15, -0.1) is 0 Å². The number of nitrogens with zero attached hydrogens (tertiary/aromatic N) is 5. The van der Waals surface area contributed by atoms with E-state index in [0.717, 1.165) is 81.8 Å². The lowest BCUT2D eigenvalue weighted by molar-refractivity contribution is -0.384. The largest absolute Gasteiger partial charge is 0.468 e. The Morgan fingerprint density at radius 1 is 0.959 bits per heavy atom. The average molecular weight is 1020 g/mol. The van der Waals surface area contributed by atoms with Crippen LogP contribution < -0.4 is 24.6 Å². The van der Waals surface area contributed by atoms with E-state index in [0.29, 0.717) is 79.9 Å². The highest BCUT2D eigenvalue weighted by molar-refractivity contribution is 7.90. The minimum atomic E-state index is -4.62. The zero-order chi connectivity index (χ0) is 50.4. The second-order valence-corrected chi connectivity index (χ2v) is 24.2. The molecule has 4 N–H and O–H groups in total. The number of anilines is 4. The Kier molecular flexibility index (Phi) is 12.2. The molecule has 2 aromatic heterocycles. The fourth-order valence-corrected chi connectivity index (χ4v) is 14.5. The smallest absolute Gasteiger partial charge is 0.293 e. The molecule has 2 aliphatic carbocycles. The molecule has 17 nitrogen and oxygen atoms in total. The lowest BCUT2D eigenvalue weighted by atomic mass is 9.59. The Labute approximate surface area is 426 Å². The molecule has 4 saturated heterocycles. The number of aromatic nitrogens is 2.